The van der Waals surface area contributed by atoms with Gasteiger partial charge in [-0.05, 0) is 68.4 Å². The number of aryl methyl sites for hydroxylation is 2. The van der Waals surface area contributed by atoms with Crippen LogP contribution in [0.5, 0.6) is 0 Å². The first-order valence-electron chi connectivity index (χ1n) is 10.5. The van der Waals surface area contributed by atoms with Crippen LogP contribution in [-0.2, 0) is 0 Å². The van der Waals surface area contributed by atoms with E-state index in [4.69, 9.17) is 0 Å². The lowest BCUT2D eigenvalue weighted by Crippen LogP contribution is -1.90. The smallest absolute Gasteiger partial charge is 0.00203 e. The highest BCUT2D eigenvalue weighted by atomic mass is 14.2. The van der Waals surface area contributed by atoms with Crippen LogP contribution in [0.4, 0.5) is 0 Å². The van der Waals surface area contributed by atoms with Crippen molar-refractivity contribution in [2.45, 2.75) is 13.8 Å². The molecule has 0 heterocycles. The molecule has 0 amide bonds. The molecule has 6 rings (SSSR count). The maximum atomic E-state index is 2.30. The van der Waals surface area contributed by atoms with Crippen molar-refractivity contribution in [1.29, 1.82) is 0 Å². The van der Waals surface area contributed by atoms with E-state index in [1.807, 2.05) is 0 Å². The Morgan fingerprint density at radius 1 is 0.433 bits per heavy atom. The van der Waals surface area contributed by atoms with E-state index in [1.54, 1.807) is 0 Å². The molecule has 0 spiro atoms. The van der Waals surface area contributed by atoms with Gasteiger partial charge >= 0.3 is 0 Å². The third kappa shape index (κ3) is 2.54. The molecule has 0 bridgehead atoms. The quantitative estimate of drug-likeness (QED) is 0.263. The van der Waals surface area contributed by atoms with Gasteiger partial charge in [-0.15, -0.1) is 0 Å². The summed E-state index contributed by atoms with van der Waals surface area (Å²) in [6, 6.07) is 35.8. The van der Waals surface area contributed by atoms with Crippen molar-refractivity contribution in [2.75, 3.05) is 0 Å². The van der Waals surface area contributed by atoms with Crippen LogP contribution < -0.4 is 0 Å². The van der Waals surface area contributed by atoms with Gasteiger partial charge in [0.05, 0.1) is 0 Å². The highest BCUT2D eigenvalue weighted by Gasteiger charge is 2.14. The first kappa shape index (κ1) is 17.2. The molecule has 6 aromatic rings. The minimum absolute atomic E-state index is 1.27. The highest BCUT2D eigenvalue weighted by molar-refractivity contribution is 6.27. The first-order chi connectivity index (χ1) is 14.7. The molecule has 0 saturated carbocycles. The van der Waals surface area contributed by atoms with Crippen LogP contribution in [0.2, 0.25) is 0 Å². The van der Waals surface area contributed by atoms with Gasteiger partial charge in [-0.25, -0.2) is 0 Å². The van der Waals surface area contributed by atoms with Crippen molar-refractivity contribution in [2.24, 2.45) is 0 Å². The van der Waals surface area contributed by atoms with Gasteiger partial charge in [0.25, 0.3) is 0 Å². The van der Waals surface area contributed by atoms with Crippen LogP contribution in [0.25, 0.3) is 54.6 Å². The lowest BCUT2D eigenvalue weighted by Gasteiger charge is -2.17. The van der Waals surface area contributed by atoms with Gasteiger partial charge in [0.1, 0.15) is 0 Å². The van der Waals surface area contributed by atoms with E-state index >= 15 is 0 Å². The average molecular weight is 383 g/mol. The normalized spacial score (nSPS) is 11.7. The summed E-state index contributed by atoms with van der Waals surface area (Å²) in [5, 5.41) is 8.02. The average Bonchev–Trinajstić information content (AvgIpc) is 2.77. The summed E-state index contributed by atoms with van der Waals surface area (Å²) in [6.07, 6.45) is 0. The van der Waals surface area contributed by atoms with Gasteiger partial charge in [0.15, 0.2) is 0 Å². The maximum absolute atomic E-state index is 2.30. The molecular formula is C30H22. The van der Waals surface area contributed by atoms with Crippen LogP contribution in [0.1, 0.15) is 11.1 Å². The van der Waals surface area contributed by atoms with Crippen molar-refractivity contribution >= 4 is 32.3 Å². The van der Waals surface area contributed by atoms with Gasteiger partial charge in [-0.2, -0.15) is 0 Å². The monoisotopic (exact) mass is 382 g/mol. The summed E-state index contributed by atoms with van der Waals surface area (Å²) in [5.74, 6) is 0. The topological polar surface area (TPSA) is 0 Å². The molecule has 0 heteroatoms. The second-order valence-corrected chi connectivity index (χ2v) is 8.39. The van der Waals surface area contributed by atoms with Crippen molar-refractivity contribution in [1.82, 2.24) is 0 Å². The molecule has 30 heavy (non-hydrogen) atoms. The summed E-state index contributed by atoms with van der Waals surface area (Å²) in [7, 11) is 0. The number of hydrogen-bond acceptors (Lipinski definition) is 0. The fourth-order valence-corrected chi connectivity index (χ4v) is 5.05. The van der Waals surface area contributed by atoms with Gasteiger partial charge in [-0.3, -0.25) is 0 Å². The van der Waals surface area contributed by atoms with Crippen LogP contribution in [0, 0.1) is 13.8 Å². The van der Waals surface area contributed by atoms with E-state index in [9.17, 15) is 0 Å². The Morgan fingerprint density at radius 2 is 0.933 bits per heavy atom. The van der Waals surface area contributed by atoms with E-state index in [2.05, 4.69) is 111 Å². The van der Waals surface area contributed by atoms with Crippen LogP contribution in [-0.4, -0.2) is 0 Å². The molecule has 0 N–H and O–H groups in total. The molecule has 0 aromatic heterocycles. The third-order valence-corrected chi connectivity index (χ3v) is 6.28. The Kier molecular flexibility index (Phi) is 3.70. The van der Waals surface area contributed by atoms with Gasteiger partial charge in [0, 0.05) is 0 Å². The predicted octanol–water partition coefficient (Wildman–Crippen LogP) is 8.53. The second-order valence-electron chi connectivity index (χ2n) is 8.39. The molecular weight excluding hydrogens is 360 g/mol. The highest BCUT2D eigenvalue weighted by Crippen LogP contribution is 2.42. The molecule has 6 aromatic carbocycles. The minimum Gasteiger partial charge on any atom is -0.0622 e. The summed E-state index contributed by atoms with van der Waals surface area (Å²) >= 11 is 0. The number of hydrogen-bond donors (Lipinski definition) is 0. The SMILES string of the molecule is Cc1cc(C)cc(-c2ccc3ccc4c(-c5ccccc5)ccc5ccc2c3c54)c1. The van der Waals surface area contributed by atoms with Gasteiger partial charge < -0.3 is 0 Å². The summed E-state index contributed by atoms with van der Waals surface area (Å²) in [6.45, 7) is 4.36. The fourth-order valence-electron chi connectivity index (χ4n) is 5.05. The van der Waals surface area contributed by atoms with E-state index in [0.717, 1.165) is 0 Å². The Labute approximate surface area is 176 Å². The Morgan fingerprint density at radius 3 is 1.50 bits per heavy atom. The molecule has 0 radical (unpaired) electrons. The Hall–Kier alpha value is -3.64. The molecule has 0 nitrogen and oxygen atoms in total. The summed E-state index contributed by atoms with van der Waals surface area (Å²) < 4.78 is 0. The molecule has 142 valence electrons. The van der Waals surface area contributed by atoms with Crippen LogP contribution in [0.3, 0.4) is 0 Å². The van der Waals surface area contributed by atoms with Gasteiger partial charge in [-0.1, -0.05) is 108 Å². The van der Waals surface area contributed by atoms with Crippen LogP contribution in [0.15, 0.2) is 97.1 Å². The molecule has 0 aliphatic heterocycles. The molecule has 0 aliphatic carbocycles. The number of rotatable bonds is 2. The predicted molar refractivity (Wildman–Crippen MR) is 130 cm³/mol. The lowest BCUT2D eigenvalue weighted by molar-refractivity contribution is 1.39. The molecule has 0 atom stereocenters. The largest absolute Gasteiger partial charge is 0.0622 e. The van der Waals surface area contributed by atoms with E-state index in [1.165, 1.54) is 65.7 Å². The minimum atomic E-state index is 1.27. The second kappa shape index (κ2) is 6.43. The Balaban J connectivity index is 1.74. The van der Waals surface area contributed by atoms with E-state index < -0.39 is 0 Å². The molecule has 0 unspecified atom stereocenters. The summed E-state index contributed by atoms with van der Waals surface area (Å²) in [4.78, 5) is 0. The zero-order valence-corrected chi connectivity index (χ0v) is 17.2. The first-order valence-corrected chi connectivity index (χ1v) is 10.5. The standard InChI is InChI=1S/C30H22/c1-19-16-20(2)18-24(17-19)26-13-9-23-10-14-27-25(21-6-4-3-5-7-21)12-8-22-11-15-28(26)30(23)29(22)27/h3-18H,1-2H3. The van der Waals surface area contributed by atoms with E-state index in [-0.39, 0.29) is 0 Å². The third-order valence-electron chi connectivity index (χ3n) is 6.28. The van der Waals surface area contributed by atoms with Crippen molar-refractivity contribution in [3.63, 3.8) is 0 Å². The molecule has 0 saturated heterocycles. The molecule has 0 fully saturated rings. The van der Waals surface area contributed by atoms with Crippen LogP contribution >= 0.6 is 0 Å². The lowest BCUT2D eigenvalue weighted by atomic mass is 9.87. The number of benzene rings is 6. The zero-order valence-electron chi connectivity index (χ0n) is 17.2. The molecule has 0 aliphatic rings. The summed E-state index contributed by atoms with van der Waals surface area (Å²) in [5.41, 5.74) is 7.80. The van der Waals surface area contributed by atoms with Crippen molar-refractivity contribution < 1.29 is 0 Å². The van der Waals surface area contributed by atoms with Crippen molar-refractivity contribution in [3.8, 4) is 22.3 Å². The van der Waals surface area contributed by atoms with Crippen molar-refractivity contribution in [3.05, 3.63) is 108 Å². The Bertz CT molecular complexity index is 1520. The maximum Gasteiger partial charge on any atom is -0.00203 e. The zero-order chi connectivity index (χ0) is 20.2. The fraction of sp³-hybridized carbons (Fsp3) is 0.0667. The van der Waals surface area contributed by atoms with E-state index in [0.29, 0.717) is 0 Å². The van der Waals surface area contributed by atoms with Gasteiger partial charge in [0.2, 0.25) is 0 Å².